The quantitative estimate of drug-likeness (QED) is 0.761. The predicted molar refractivity (Wildman–Crippen MR) is 110 cm³/mol. The van der Waals surface area contributed by atoms with Gasteiger partial charge in [0.2, 0.25) is 10.0 Å². The molecule has 9 heteroatoms. The molecule has 148 valence electrons. The molecule has 2 aromatic carbocycles. The van der Waals surface area contributed by atoms with Crippen LogP contribution >= 0.6 is 0 Å². The number of amides is 2. The Balaban J connectivity index is 1.65. The van der Waals surface area contributed by atoms with E-state index < -0.39 is 21.8 Å². The molecule has 0 radical (unpaired) electrons. The molecule has 1 fully saturated rings. The normalized spacial score (nSPS) is 15.1. The second-order valence-corrected chi connectivity index (χ2v) is 8.65. The Kier molecular flexibility index (Phi) is 5.55. The molecule has 2 amide bonds. The zero-order chi connectivity index (χ0) is 20.3. The average Bonchev–Trinajstić information content (AvgIpc) is 3.01. The summed E-state index contributed by atoms with van der Waals surface area (Å²) in [5.74, 6) is -1.53. The molecule has 0 unspecified atom stereocenters. The minimum Gasteiger partial charge on any atom is -0.378 e. The SMILES string of the molecule is CN(C)c1ccc(NC(=O)C(=O)Nc2cccc(N3CCCS3(=O)=O)c2)cc1. The maximum Gasteiger partial charge on any atom is 0.314 e. The van der Waals surface area contributed by atoms with Crippen LogP contribution in [0.25, 0.3) is 0 Å². The lowest BCUT2D eigenvalue weighted by atomic mass is 10.2. The van der Waals surface area contributed by atoms with Gasteiger partial charge in [0.1, 0.15) is 0 Å². The van der Waals surface area contributed by atoms with Crippen LogP contribution in [0.15, 0.2) is 48.5 Å². The van der Waals surface area contributed by atoms with Gasteiger partial charge in [-0.25, -0.2) is 8.42 Å². The van der Waals surface area contributed by atoms with Crippen LogP contribution in [0.5, 0.6) is 0 Å². The van der Waals surface area contributed by atoms with Crippen LogP contribution in [-0.2, 0) is 19.6 Å². The molecule has 8 nitrogen and oxygen atoms in total. The average molecular weight is 402 g/mol. The monoisotopic (exact) mass is 402 g/mol. The molecule has 0 aromatic heterocycles. The number of carbonyl (C=O) groups excluding carboxylic acids is 2. The van der Waals surface area contributed by atoms with Crippen molar-refractivity contribution in [3.05, 3.63) is 48.5 Å². The van der Waals surface area contributed by atoms with Crippen LogP contribution in [0.3, 0.4) is 0 Å². The first-order valence-electron chi connectivity index (χ1n) is 8.76. The van der Waals surface area contributed by atoms with Crippen LogP contribution in [0, 0.1) is 0 Å². The Morgan fingerprint density at radius 3 is 2.18 bits per heavy atom. The maximum absolute atomic E-state index is 12.2. The zero-order valence-electron chi connectivity index (χ0n) is 15.7. The summed E-state index contributed by atoms with van der Waals surface area (Å²) in [6.07, 6.45) is 0.563. The van der Waals surface area contributed by atoms with Crippen molar-refractivity contribution in [1.82, 2.24) is 0 Å². The Morgan fingerprint density at radius 2 is 1.61 bits per heavy atom. The van der Waals surface area contributed by atoms with E-state index in [0.717, 1.165) is 5.69 Å². The molecule has 2 N–H and O–H groups in total. The van der Waals surface area contributed by atoms with Gasteiger partial charge in [-0.15, -0.1) is 0 Å². The number of anilines is 4. The molecule has 1 saturated heterocycles. The molecular weight excluding hydrogens is 380 g/mol. The Morgan fingerprint density at radius 1 is 0.964 bits per heavy atom. The van der Waals surface area contributed by atoms with E-state index in [-0.39, 0.29) is 5.75 Å². The largest absolute Gasteiger partial charge is 0.378 e. The molecule has 1 aliphatic rings. The fourth-order valence-electron chi connectivity index (χ4n) is 2.89. The minimum absolute atomic E-state index is 0.110. The highest BCUT2D eigenvalue weighted by Crippen LogP contribution is 2.26. The van der Waals surface area contributed by atoms with Crippen molar-refractivity contribution in [2.24, 2.45) is 0 Å². The standard InChI is InChI=1S/C19H22N4O4S/c1-22(2)16-9-7-14(8-10-16)20-18(24)19(25)21-15-5-3-6-17(13-15)23-11-4-12-28(23,26)27/h3,5-10,13H,4,11-12H2,1-2H3,(H,20,24)(H,21,25). The highest BCUT2D eigenvalue weighted by atomic mass is 32.2. The highest BCUT2D eigenvalue weighted by Gasteiger charge is 2.28. The molecular formula is C19H22N4O4S. The van der Waals surface area contributed by atoms with Crippen LogP contribution < -0.4 is 19.8 Å². The van der Waals surface area contributed by atoms with E-state index in [0.29, 0.717) is 30.0 Å². The summed E-state index contributed by atoms with van der Waals surface area (Å²) in [6, 6.07) is 13.5. The molecule has 28 heavy (non-hydrogen) atoms. The molecule has 0 spiro atoms. The van der Waals surface area contributed by atoms with Crippen LogP contribution in [-0.4, -0.2) is 46.6 Å². The van der Waals surface area contributed by atoms with E-state index in [4.69, 9.17) is 0 Å². The fraction of sp³-hybridized carbons (Fsp3) is 0.263. The number of sulfonamides is 1. The van der Waals surface area contributed by atoms with Gasteiger partial charge in [-0.05, 0) is 48.9 Å². The molecule has 1 aliphatic heterocycles. The van der Waals surface area contributed by atoms with Gasteiger partial charge in [0, 0.05) is 37.7 Å². The second-order valence-electron chi connectivity index (χ2n) is 6.64. The van der Waals surface area contributed by atoms with Gasteiger partial charge in [0.15, 0.2) is 0 Å². The number of benzene rings is 2. The molecule has 0 saturated carbocycles. The molecule has 2 aromatic rings. The number of hydrogen-bond acceptors (Lipinski definition) is 5. The first-order valence-corrected chi connectivity index (χ1v) is 10.4. The number of carbonyl (C=O) groups is 2. The van der Waals surface area contributed by atoms with Gasteiger partial charge < -0.3 is 15.5 Å². The van der Waals surface area contributed by atoms with Crippen LogP contribution in [0.1, 0.15) is 6.42 Å². The van der Waals surface area contributed by atoms with Crippen molar-refractivity contribution >= 4 is 44.6 Å². The lowest BCUT2D eigenvalue weighted by molar-refractivity contribution is -0.132. The van der Waals surface area contributed by atoms with E-state index in [9.17, 15) is 18.0 Å². The zero-order valence-corrected chi connectivity index (χ0v) is 16.5. The van der Waals surface area contributed by atoms with Gasteiger partial charge in [-0.1, -0.05) is 6.07 Å². The third kappa shape index (κ3) is 4.42. The predicted octanol–water partition coefficient (Wildman–Crippen LogP) is 1.87. The Bertz CT molecular complexity index is 987. The Hall–Kier alpha value is -3.07. The molecule has 3 rings (SSSR count). The third-order valence-corrected chi connectivity index (χ3v) is 6.21. The van der Waals surface area contributed by atoms with E-state index >= 15 is 0 Å². The van der Waals surface area contributed by atoms with Gasteiger partial charge in [0.05, 0.1) is 11.4 Å². The van der Waals surface area contributed by atoms with E-state index in [2.05, 4.69) is 10.6 Å². The maximum atomic E-state index is 12.2. The smallest absolute Gasteiger partial charge is 0.314 e. The molecule has 0 bridgehead atoms. The van der Waals surface area contributed by atoms with Gasteiger partial charge in [-0.3, -0.25) is 13.9 Å². The van der Waals surface area contributed by atoms with Crippen molar-refractivity contribution in [2.75, 3.05) is 46.2 Å². The van der Waals surface area contributed by atoms with Crippen molar-refractivity contribution in [3.63, 3.8) is 0 Å². The van der Waals surface area contributed by atoms with Crippen molar-refractivity contribution in [2.45, 2.75) is 6.42 Å². The van der Waals surface area contributed by atoms with Crippen LogP contribution in [0.2, 0.25) is 0 Å². The second kappa shape index (κ2) is 7.89. The summed E-state index contributed by atoms with van der Waals surface area (Å²) in [5, 5.41) is 5.04. The van der Waals surface area contributed by atoms with E-state index in [1.165, 1.54) is 4.31 Å². The molecule has 0 aliphatic carbocycles. The van der Waals surface area contributed by atoms with Crippen molar-refractivity contribution in [3.8, 4) is 0 Å². The van der Waals surface area contributed by atoms with Gasteiger partial charge in [-0.2, -0.15) is 0 Å². The molecule has 0 atom stereocenters. The summed E-state index contributed by atoms with van der Waals surface area (Å²) in [4.78, 5) is 26.3. The first-order chi connectivity index (χ1) is 13.3. The van der Waals surface area contributed by atoms with Gasteiger partial charge in [0.25, 0.3) is 0 Å². The highest BCUT2D eigenvalue weighted by molar-refractivity contribution is 7.93. The third-order valence-electron chi connectivity index (χ3n) is 4.34. The summed E-state index contributed by atoms with van der Waals surface area (Å²) in [7, 11) is 0.496. The Labute approximate surface area is 164 Å². The number of hydrogen-bond donors (Lipinski definition) is 2. The topological polar surface area (TPSA) is 98.8 Å². The number of rotatable bonds is 4. The summed E-state index contributed by atoms with van der Waals surface area (Å²) in [5.41, 5.74) is 2.29. The number of nitrogens with zero attached hydrogens (tertiary/aromatic N) is 2. The first kappa shape index (κ1) is 19.7. The summed E-state index contributed by atoms with van der Waals surface area (Å²) >= 11 is 0. The van der Waals surface area contributed by atoms with E-state index in [1.54, 1.807) is 36.4 Å². The summed E-state index contributed by atoms with van der Waals surface area (Å²) < 4.78 is 25.4. The molecule has 1 heterocycles. The lowest BCUT2D eigenvalue weighted by Crippen LogP contribution is -2.29. The van der Waals surface area contributed by atoms with E-state index in [1.807, 2.05) is 31.1 Å². The number of nitrogens with one attached hydrogen (secondary N) is 2. The minimum atomic E-state index is -3.31. The fourth-order valence-corrected chi connectivity index (χ4v) is 4.44. The van der Waals surface area contributed by atoms with Crippen molar-refractivity contribution < 1.29 is 18.0 Å². The van der Waals surface area contributed by atoms with Crippen LogP contribution in [0.4, 0.5) is 22.7 Å². The van der Waals surface area contributed by atoms with Gasteiger partial charge >= 0.3 is 11.8 Å². The summed E-state index contributed by atoms with van der Waals surface area (Å²) in [6.45, 7) is 0.406. The lowest BCUT2D eigenvalue weighted by Gasteiger charge is -2.17. The van der Waals surface area contributed by atoms with Crippen molar-refractivity contribution in [1.29, 1.82) is 0 Å².